The van der Waals surface area contributed by atoms with Crippen molar-refractivity contribution in [2.45, 2.75) is 19.1 Å². The van der Waals surface area contributed by atoms with Crippen LogP contribution in [-0.4, -0.2) is 39.4 Å². The molecule has 100 valence electrons. The first-order valence-corrected chi connectivity index (χ1v) is 6.23. The molecule has 1 atom stereocenters. The molecule has 1 unspecified atom stereocenters. The average Bonchev–Trinajstić information content (AvgIpc) is 2.86. The van der Waals surface area contributed by atoms with Gasteiger partial charge in [-0.2, -0.15) is 0 Å². The monoisotopic (exact) mass is 261 g/mol. The highest BCUT2D eigenvalue weighted by molar-refractivity contribution is 5.40. The molecular weight excluding hydrogens is 246 g/mol. The van der Waals surface area contributed by atoms with Gasteiger partial charge < -0.3 is 14.6 Å². The number of benzene rings is 1. The Morgan fingerprint density at radius 1 is 1.32 bits per heavy atom. The molecule has 1 aliphatic rings. The third-order valence-electron chi connectivity index (χ3n) is 2.91. The Kier molecular flexibility index (Phi) is 3.33. The fourth-order valence-corrected chi connectivity index (χ4v) is 2.02. The van der Waals surface area contributed by atoms with Crippen molar-refractivity contribution in [1.82, 2.24) is 15.0 Å². The number of aliphatic hydroxyl groups is 1. The predicted octanol–water partition coefficient (Wildman–Crippen LogP) is 0.653. The molecule has 2 heterocycles. The van der Waals surface area contributed by atoms with Crippen LogP contribution in [0.2, 0.25) is 0 Å². The van der Waals surface area contributed by atoms with Crippen LogP contribution in [0.15, 0.2) is 30.5 Å². The zero-order valence-electron chi connectivity index (χ0n) is 10.4. The SMILES string of the molecule is OCCc1cn(CC2COc3ccccc3O2)nn1. The zero-order chi connectivity index (χ0) is 13.1. The molecule has 1 aromatic heterocycles. The fourth-order valence-electron chi connectivity index (χ4n) is 2.02. The summed E-state index contributed by atoms with van der Waals surface area (Å²) in [6.45, 7) is 1.15. The van der Waals surface area contributed by atoms with Crippen molar-refractivity contribution in [1.29, 1.82) is 0 Å². The lowest BCUT2D eigenvalue weighted by atomic mass is 10.2. The van der Waals surface area contributed by atoms with Gasteiger partial charge in [-0.3, -0.25) is 0 Å². The number of aromatic nitrogens is 3. The number of hydrogen-bond donors (Lipinski definition) is 1. The predicted molar refractivity (Wildman–Crippen MR) is 67.2 cm³/mol. The number of rotatable bonds is 4. The number of aliphatic hydroxyl groups excluding tert-OH is 1. The van der Waals surface area contributed by atoms with Crippen molar-refractivity contribution < 1.29 is 14.6 Å². The maximum atomic E-state index is 8.84. The van der Waals surface area contributed by atoms with Crippen LogP contribution in [0.1, 0.15) is 5.69 Å². The lowest BCUT2D eigenvalue weighted by Gasteiger charge is -2.26. The Balaban J connectivity index is 1.65. The first-order valence-electron chi connectivity index (χ1n) is 6.23. The van der Waals surface area contributed by atoms with Crippen LogP contribution in [0.3, 0.4) is 0 Å². The first kappa shape index (κ1) is 12.0. The van der Waals surface area contributed by atoms with Crippen LogP contribution < -0.4 is 9.47 Å². The van der Waals surface area contributed by atoms with Gasteiger partial charge >= 0.3 is 0 Å². The molecule has 1 aliphatic heterocycles. The molecule has 0 fully saturated rings. The molecule has 0 aliphatic carbocycles. The van der Waals surface area contributed by atoms with Crippen molar-refractivity contribution in [3.63, 3.8) is 0 Å². The number of nitrogens with zero attached hydrogens (tertiary/aromatic N) is 3. The van der Waals surface area contributed by atoms with Gasteiger partial charge in [0.05, 0.1) is 12.2 Å². The maximum absolute atomic E-state index is 8.84. The van der Waals surface area contributed by atoms with Crippen molar-refractivity contribution in [2.24, 2.45) is 0 Å². The van der Waals surface area contributed by atoms with E-state index in [9.17, 15) is 0 Å². The second kappa shape index (κ2) is 5.27. The summed E-state index contributed by atoms with van der Waals surface area (Å²) in [6, 6.07) is 7.61. The summed E-state index contributed by atoms with van der Waals surface area (Å²) in [4.78, 5) is 0. The van der Waals surface area contributed by atoms with Crippen LogP contribution in [0.4, 0.5) is 0 Å². The van der Waals surface area contributed by atoms with Gasteiger partial charge in [0.25, 0.3) is 0 Å². The van der Waals surface area contributed by atoms with Gasteiger partial charge in [0.1, 0.15) is 6.61 Å². The third-order valence-corrected chi connectivity index (χ3v) is 2.91. The standard InChI is InChI=1S/C13H15N3O3/c17-6-5-10-7-16(15-14-10)8-11-9-18-12-3-1-2-4-13(12)19-11/h1-4,7,11,17H,5-6,8-9H2. The van der Waals surface area contributed by atoms with Crippen LogP contribution in [-0.2, 0) is 13.0 Å². The molecule has 0 amide bonds. The van der Waals surface area contributed by atoms with Crippen LogP contribution in [0.25, 0.3) is 0 Å². The van der Waals surface area contributed by atoms with Gasteiger partial charge in [0, 0.05) is 19.2 Å². The van der Waals surface area contributed by atoms with E-state index in [1.165, 1.54) is 0 Å². The molecular formula is C13H15N3O3. The Labute approximate surface area is 110 Å². The highest BCUT2D eigenvalue weighted by atomic mass is 16.6. The van der Waals surface area contributed by atoms with Crippen molar-refractivity contribution in [3.8, 4) is 11.5 Å². The second-order valence-corrected chi connectivity index (χ2v) is 4.40. The summed E-state index contributed by atoms with van der Waals surface area (Å²) in [6.07, 6.45) is 2.25. The average molecular weight is 261 g/mol. The van der Waals surface area contributed by atoms with Crippen LogP contribution in [0, 0.1) is 0 Å². The number of ether oxygens (including phenoxy) is 2. The van der Waals surface area contributed by atoms with E-state index in [4.69, 9.17) is 14.6 Å². The Hall–Kier alpha value is -2.08. The van der Waals surface area contributed by atoms with Gasteiger partial charge in [-0.05, 0) is 12.1 Å². The highest BCUT2D eigenvalue weighted by Crippen LogP contribution is 2.31. The molecule has 6 nitrogen and oxygen atoms in total. The molecule has 19 heavy (non-hydrogen) atoms. The number of hydrogen-bond acceptors (Lipinski definition) is 5. The Morgan fingerprint density at radius 3 is 3.00 bits per heavy atom. The van der Waals surface area contributed by atoms with Crippen molar-refractivity contribution in [3.05, 3.63) is 36.2 Å². The Morgan fingerprint density at radius 2 is 2.16 bits per heavy atom. The van der Waals surface area contributed by atoms with E-state index in [0.717, 1.165) is 17.2 Å². The lowest BCUT2D eigenvalue weighted by Crippen LogP contribution is -2.33. The molecule has 2 aromatic rings. The summed E-state index contributed by atoms with van der Waals surface area (Å²) in [5.74, 6) is 1.53. The molecule has 0 saturated heterocycles. The van der Waals surface area contributed by atoms with Gasteiger partial charge in [0.2, 0.25) is 0 Å². The van der Waals surface area contributed by atoms with Gasteiger partial charge in [-0.25, -0.2) is 4.68 Å². The van der Waals surface area contributed by atoms with Crippen LogP contribution >= 0.6 is 0 Å². The fraction of sp³-hybridized carbons (Fsp3) is 0.385. The van der Waals surface area contributed by atoms with E-state index in [2.05, 4.69) is 10.3 Å². The summed E-state index contributed by atoms with van der Waals surface area (Å²) >= 11 is 0. The van der Waals surface area contributed by atoms with Crippen LogP contribution in [0.5, 0.6) is 11.5 Å². The highest BCUT2D eigenvalue weighted by Gasteiger charge is 2.21. The first-order chi connectivity index (χ1) is 9.35. The second-order valence-electron chi connectivity index (χ2n) is 4.40. The minimum Gasteiger partial charge on any atom is -0.486 e. The lowest BCUT2D eigenvalue weighted by molar-refractivity contribution is 0.0755. The van der Waals surface area contributed by atoms with Gasteiger partial charge in [-0.15, -0.1) is 5.10 Å². The number of para-hydroxylation sites is 2. The largest absolute Gasteiger partial charge is 0.486 e. The molecule has 6 heteroatoms. The zero-order valence-corrected chi connectivity index (χ0v) is 10.4. The van der Waals surface area contributed by atoms with Crippen molar-refractivity contribution in [2.75, 3.05) is 13.2 Å². The minimum atomic E-state index is -0.0847. The van der Waals surface area contributed by atoms with E-state index < -0.39 is 0 Å². The van der Waals surface area contributed by atoms with E-state index >= 15 is 0 Å². The summed E-state index contributed by atoms with van der Waals surface area (Å²) < 4.78 is 13.2. The third kappa shape index (κ3) is 2.68. The van der Waals surface area contributed by atoms with E-state index in [1.807, 2.05) is 30.5 Å². The van der Waals surface area contributed by atoms with Gasteiger partial charge in [0.15, 0.2) is 17.6 Å². The topological polar surface area (TPSA) is 69.4 Å². The van der Waals surface area contributed by atoms with Gasteiger partial charge in [-0.1, -0.05) is 17.3 Å². The quantitative estimate of drug-likeness (QED) is 0.875. The minimum absolute atomic E-state index is 0.0785. The summed E-state index contributed by atoms with van der Waals surface area (Å²) in [5.41, 5.74) is 0.777. The normalized spacial score (nSPS) is 17.4. The van der Waals surface area contributed by atoms with E-state index in [0.29, 0.717) is 19.6 Å². The molecule has 1 aromatic carbocycles. The Bertz CT molecular complexity index is 556. The molecule has 0 radical (unpaired) electrons. The summed E-state index contributed by atoms with van der Waals surface area (Å²) in [7, 11) is 0. The summed E-state index contributed by atoms with van der Waals surface area (Å²) in [5, 5.41) is 16.8. The molecule has 0 spiro atoms. The molecule has 0 bridgehead atoms. The molecule has 3 rings (SSSR count). The molecule has 0 saturated carbocycles. The van der Waals surface area contributed by atoms with E-state index in [-0.39, 0.29) is 12.7 Å². The number of fused-ring (bicyclic) bond motifs is 1. The smallest absolute Gasteiger partial charge is 0.161 e. The van der Waals surface area contributed by atoms with E-state index in [1.54, 1.807) is 4.68 Å². The van der Waals surface area contributed by atoms with Crippen molar-refractivity contribution >= 4 is 0 Å². The maximum Gasteiger partial charge on any atom is 0.161 e. The molecule has 1 N–H and O–H groups in total.